The quantitative estimate of drug-likeness (QED) is 0.809. The molecule has 2 aromatic rings. The molecule has 0 aromatic carbocycles. The molecule has 2 unspecified atom stereocenters. The average Bonchev–Trinajstić information content (AvgIpc) is 2.94. The highest BCUT2D eigenvalue weighted by Gasteiger charge is 2.14. The molecule has 6 nitrogen and oxygen atoms in total. The van der Waals surface area contributed by atoms with Crippen molar-refractivity contribution in [1.29, 1.82) is 0 Å². The summed E-state index contributed by atoms with van der Waals surface area (Å²) in [6, 6.07) is 4.51. The molecule has 0 spiro atoms. The molecule has 0 aliphatic heterocycles. The van der Waals surface area contributed by atoms with Gasteiger partial charge in [-0.2, -0.15) is 0 Å². The van der Waals surface area contributed by atoms with Crippen LogP contribution < -0.4 is 10.6 Å². The largest absolute Gasteiger partial charge is 0.406 e. The van der Waals surface area contributed by atoms with Crippen molar-refractivity contribution in [3.05, 3.63) is 36.0 Å². The second kappa shape index (κ2) is 7.00. The minimum absolute atomic E-state index is 0.0641. The molecule has 0 aliphatic carbocycles. The summed E-state index contributed by atoms with van der Waals surface area (Å²) >= 11 is 0. The maximum atomic E-state index is 5.62. The highest BCUT2D eigenvalue weighted by Crippen LogP contribution is 2.19. The third kappa shape index (κ3) is 3.77. The van der Waals surface area contributed by atoms with E-state index in [9.17, 15) is 0 Å². The summed E-state index contributed by atoms with van der Waals surface area (Å²) in [5, 5.41) is 14.6. The lowest BCUT2D eigenvalue weighted by Gasteiger charge is -2.11. The minimum Gasteiger partial charge on any atom is -0.406 e. The van der Waals surface area contributed by atoms with Gasteiger partial charge >= 0.3 is 6.01 Å². The molecule has 2 aromatic heterocycles. The molecular formula is C14H21N5O. The zero-order valence-corrected chi connectivity index (χ0v) is 12.1. The van der Waals surface area contributed by atoms with Crippen molar-refractivity contribution in [2.45, 2.75) is 39.3 Å². The van der Waals surface area contributed by atoms with Gasteiger partial charge in [0.15, 0.2) is 0 Å². The van der Waals surface area contributed by atoms with Crippen molar-refractivity contribution in [2.75, 3.05) is 11.9 Å². The number of nitrogens with zero attached hydrogens (tertiary/aromatic N) is 3. The van der Waals surface area contributed by atoms with E-state index in [1.165, 1.54) is 0 Å². The molecule has 2 N–H and O–H groups in total. The molecular weight excluding hydrogens is 254 g/mol. The van der Waals surface area contributed by atoms with Gasteiger partial charge in [-0.05, 0) is 44.5 Å². The van der Waals surface area contributed by atoms with Gasteiger partial charge in [-0.25, -0.2) is 0 Å². The Balaban J connectivity index is 1.95. The number of anilines is 1. The maximum absolute atomic E-state index is 5.62. The summed E-state index contributed by atoms with van der Waals surface area (Å²) in [4.78, 5) is 4.00. The van der Waals surface area contributed by atoms with Gasteiger partial charge in [0.2, 0.25) is 5.89 Å². The zero-order chi connectivity index (χ0) is 14.4. The Morgan fingerprint density at radius 1 is 1.15 bits per heavy atom. The van der Waals surface area contributed by atoms with Crippen LogP contribution in [0.2, 0.25) is 0 Å². The van der Waals surface area contributed by atoms with Gasteiger partial charge in [0.05, 0.1) is 12.1 Å². The summed E-state index contributed by atoms with van der Waals surface area (Å²) in [5.41, 5.74) is 1.12. The standard InChI is InChI=1S/C14H21N5O/c1-4-7-16-11(3)13-18-19-14(20-13)17-10(2)12-5-8-15-9-6-12/h5-6,8-11,16H,4,7H2,1-3H3,(H,17,19). The molecule has 0 aliphatic rings. The van der Waals surface area contributed by atoms with Crippen molar-refractivity contribution < 1.29 is 4.42 Å². The molecule has 0 saturated heterocycles. The Kier molecular flexibility index (Phi) is 5.06. The van der Waals surface area contributed by atoms with E-state index in [0.717, 1.165) is 18.5 Å². The predicted octanol–water partition coefficient (Wildman–Crippen LogP) is 2.70. The van der Waals surface area contributed by atoms with Crippen molar-refractivity contribution in [3.63, 3.8) is 0 Å². The first kappa shape index (κ1) is 14.5. The normalized spacial score (nSPS) is 13.9. The van der Waals surface area contributed by atoms with E-state index in [0.29, 0.717) is 11.9 Å². The lowest BCUT2D eigenvalue weighted by atomic mass is 10.1. The first-order chi connectivity index (χ1) is 9.70. The summed E-state index contributed by atoms with van der Waals surface area (Å²) in [5.74, 6) is 0.600. The Bertz CT molecular complexity index is 513. The summed E-state index contributed by atoms with van der Waals surface area (Å²) in [6.45, 7) is 7.11. The SMILES string of the molecule is CCCNC(C)c1nnc(NC(C)c2ccncc2)o1. The lowest BCUT2D eigenvalue weighted by molar-refractivity contribution is 0.421. The fraction of sp³-hybridized carbons (Fsp3) is 0.500. The highest BCUT2D eigenvalue weighted by molar-refractivity contribution is 5.27. The molecule has 0 radical (unpaired) electrons. The fourth-order valence-corrected chi connectivity index (χ4v) is 1.84. The smallest absolute Gasteiger partial charge is 0.315 e. The van der Waals surface area contributed by atoms with E-state index in [2.05, 4.69) is 32.7 Å². The first-order valence-electron chi connectivity index (χ1n) is 6.94. The number of hydrogen-bond donors (Lipinski definition) is 2. The van der Waals surface area contributed by atoms with Crippen LogP contribution in [0.3, 0.4) is 0 Å². The monoisotopic (exact) mass is 275 g/mol. The van der Waals surface area contributed by atoms with Gasteiger partial charge < -0.3 is 15.1 Å². The molecule has 20 heavy (non-hydrogen) atoms. The van der Waals surface area contributed by atoms with Gasteiger partial charge in [0, 0.05) is 12.4 Å². The summed E-state index contributed by atoms with van der Waals surface area (Å²) in [6.07, 6.45) is 4.61. The van der Waals surface area contributed by atoms with Crippen molar-refractivity contribution in [2.24, 2.45) is 0 Å². The molecule has 0 fully saturated rings. The van der Waals surface area contributed by atoms with E-state index < -0.39 is 0 Å². The molecule has 0 saturated carbocycles. The Morgan fingerprint density at radius 2 is 1.90 bits per heavy atom. The van der Waals surface area contributed by atoms with Crippen LogP contribution in [-0.2, 0) is 0 Å². The third-order valence-corrected chi connectivity index (χ3v) is 3.06. The van der Waals surface area contributed by atoms with Gasteiger partial charge in [0.25, 0.3) is 0 Å². The van der Waals surface area contributed by atoms with E-state index in [1.807, 2.05) is 26.0 Å². The van der Waals surface area contributed by atoms with E-state index in [1.54, 1.807) is 12.4 Å². The number of nitrogens with one attached hydrogen (secondary N) is 2. The first-order valence-corrected chi connectivity index (χ1v) is 6.94. The van der Waals surface area contributed by atoms with E-state index >= 15 is 0 Å². The second-order valence-electron chi connectivity index (χ2n) is 4.77. The lowest BCUT2D eigenvalue weighted by Crippen LogP contribution is -2.19. The summed E-state index contributed by atoms with van der Waals surface area (Å²) in [7, 11) is 0. The molecule has 0 amide bonds. The van der Waals surface area contributed by atoms with Crippen LogP contribution >= 0.6 is 0 Å². The minimum atomic E-state index is 0.0641. The van der Waals surface area contributed by atoms with E-state index in [-0.39, 0.29) is 12.1 Å². The number of hydrogen-bond acceptors (Lipinski definition) is 6. The fourth-order valence-electron chi connectivity index (χ4n) is 1.84. The Morgan fingerprint density at radius 3 is 2.60 bits per heavy atom. The molecule has 2 atom stereocenters. The van der Waals surface area contributed by atoms with Gasteiger partial charge in [-0.3, -0.25) is 4.98 Å². The second-order valence-corrected chi connectivity index (χ2v) is 4.77. The maximum Gasteiger partial charge on any atom is 0.315 e. The number of rotatable bonds is 7. The van der Waals surface area contributed by atoms with Crippen LogP contribution in [-0.4, -0.2) is 21.7 Å². The Labute approximate surface area is 119 Å². The molecule has 6 heteroatoms. The van der Waals surface area contributed by atoms with Gasteiger partial charge in [-0.15, -0.1) is 5.10 Å². The van der Waals surface area contributed by atoms with Crippen molar-refractivity contribution in [1.82, 2.24) is 20.5 Å². The van der Waals surface area contributed by atoms with Crippen LogP contribution in [0.15, 0.2) is 28.9 Å². The third-order valence-electron chi connectivity index (χ3n) is 3.06. The van der Waals surface area contributed by atoms with Crippen LogP contribution in [0.4, 0.5) is 6.01 Å². The van der Waals surface area contributed by atoms with Crippen LogP contribution in [0.5, 0.6) is 0 Å². The Hall–Kier alpha value is -1.95. The number of aromatic nitrogens is 3. The molecule has 108 valence electrons. The molecule has 0 bridgehead atoms. The summed E-state index contributed by atoms with van der Waals surface area (Å²) < 4.78 is 5.62. The van der Waals surface area contributed by atoms with Crippen LogP contribution in [0.1, 0.15) is 50.7 Å². The predicted molar refractivity (Wildman–Crippen MR) is 77.3 cm³/mol. The van der Waals surface area contributed by atoms with E-state index in [4.69, 9.17) is 4.42 Å². The molecule has 2 heterocycles. The zero-order valence-electron chi connectivity index (χ0n) is 12.1. The van der Waals surface area contributed by atoms with Gasteiger partial charge in [0.1, 0.15) is 0 Å². The van der Waals surface area contributed by atoms with Gasteiger partial charge in [-0.1, -0.05) is 12.0 Å². The van der Waals surface area contributed by atoms with Crippen molar-refractivity contribution >= 4 is 6.01 Å². The van der Waals surface area contributed by atoms with Crippen LogP contribution in [0, 0.1) is 0 Å². The highest BCUT2D eigenvalue weighted by atomic mass is 16.4. The average molecular weight is 275 g/mol. The van der Waals surface area contributed by atoms with Crippen molar-refractivity contribution in [3.8, 4) is 0 Å². The van der Waals surface area contributed by atoms with Crippen LogP contribution in [0.25, 0.3) is 0 Å². The number of pyridine rings is 1. The molecule has 2 rings (SSSR count). The topological polar surface area (TPSA) is 75.9 Å².